The summed E-state index contributed by atoms with van der Waals surface area (Å²) < 4.78 is 39.6. The highest BCUT2D eigenvalue weighted by molar-refractivity contribution is 6.06. The Kier molecular flexibility index (Phi) is 6.28. The summed E-state index contributed by atoms with van der Waals surface area (Å²) >= 11 is 0. The summed E-state index contributed by atoms with van der Waals surface area (Å²) in [6.07, 6.45) is 2.82. The Balaban J connectivity index is 2.28. The number of ketones is 1. The molecule has 0 unspecified atom stereocenters. The van der Waals surface area contributed by atoms with Crippen molar-refractivity contribution < 1.29 is 27.8 Å². The average molecular weight is 359 g/mol. The molecule has 0 aromatic heterocycles. The molecule has 0 amide bonds. The van der Waals surface area contributed by atoms with Gasteiger partial charge in [0.1, 0.15) is 0 Å². The Labute approximate surface area is 149 Å². The first-order chi connectivity index (χ1) is 12.5. The van der Waals surface area contributed by atoms with Gasteiger partial charge in [-0.05, 0) is 48.0 Å². The molecule has 0 saturated carbocycles. The number of ether oxygens (including phenoxy) is 3. The van der Waals surface area contributed by atoms with Crippen molar-refractivity contribution in [1.82, 2.24) is 0 Å². The molecule has 0 aliphatic heterocycles. The Morgan fingerprint density at radius 1 is 1.12 bits per heavy atom. The number of allylic oxidation sites excluding steroid dienone is 1. The monoisotopic (exact) mass is 359 g/mol. The zero-order valence-electron chi connectivity index (χ0n) is 14.0. The van der Waals surface area contributed by atoms with E-state index in [0.717, 1.165) is 0 Å². The summed E-state index contributed by atoms with van der Waals surface area (Å²) in [4.78, 5) is 12.2. The van der Waals surface area contributed by atoms with Crippen LogP contribution in [0.5, 0.6) is 17.2 Å². The predicted octanol–water partition coefficient (Wildman–Crippen LogP) is 4.07. The third kappa shape index (κ3) is 4.57. The molecule has 26 heavy (non-hydrogen) atoms. The lowest BCUT2D eigenvalue weighted by Gasteiger charge is -2.14. The Morgan fingerprint density at radius 2 is 1.69 bits per heavy atom. The van der Waals surface area contributed by atoms with Crippen molar-refractivity contribution in [2.75, 3.05) is 14.2 Å². The van der Waals surface area contributed by atoms with Gasteiger partial charge in [-0.1, -0.05) is 6.08 Å². The summed E-state index contributed by atoms with van der Waals surface area (Å²) in [6, 6.07) is 11.1. The van der Waals surface area contributed by atoms with Crippen LogP contribution < -0.4 is 14.2 Å². The van der Waals surface area contributed by atoms with Crippen LogP contribution in [0, 0.1) is 11.3 Å². The van der Waals surface area contributed by atoms with Crippen molar-refractivity contribution in [3.8, 4) is 23.3 Å². The van der Waals surface area contributed by atoms with E-state index in [4.69, 9.17) is 14.7 Å². The number of methoxy groups -OCH3 is 2. The number of hydrogen-bond acceptors (Lipinski definition) is 5. The van der Waals surface area contributed by atoms with Crippen molar-refractivity contribution in [2.24, 2.45) is 0 Å². The van der Waals surface area contributed by atoms with E-state index in [2.05, 4.69) is 4.74 Å². The lowest BCUT2D eigenvalue weighted by Crippen LogP contribution is -2.05. The minimum Gasteiger partial charge on any atom is -0.493 e. The van der Waals surface area contributed by atoms with Gasteiger partial charge in [0.05, 0.1) is 25.9 Å². The molecule has 5 nitrogen and oxygen atoms in total. The number of benzene rings is 2. The highest BCUT2D eigenvalue weighted by Gasteiger charge is 2.17. The second-order valence-electron chi connectivity index (χ2n) is 5.02. The SMILES string of the molecule is COc1cc(/C=C/C(=O)c2ccc(C#N)cc2)cc(OC)c1OC(F)F. The van der Waals surface area contributed by atoms with Gasteiger partial charge in [-0.2, -0.15) is 14.0 Å². The number of nitrogens with zero attached hydrogens (tertiary/aromatic N) is 1. The fourth-order valence-corrected chi connectivity index (χ4v) is 2.18. The van der Waals surface area contributed by atoms with Gasteiger partial charge in [0.25, 0.3) is 0 Å². The third-order valence-corrected chi connectivity index (χ3v) is 3.42. The molecule has 2 aromatic rings. The van der Waals surface area contributed by atoms with Crippen LogP contribution in [0.3, 0.4) is 0 Å². The largest absolute Gasteiger partial charge is 0.493 e. The fraction of sp³-hybridized carbons (Fsp3) is 0.158. The first kappa shape index (κ1) is 18.9. The molecule has 0 aliphatic carbocycles. The molecule has 0 heterocycles. The Hall–Kier alpha value is -3.40. The van der Waals surface area contributed by atoms with Gasteiger partial charge >= 0.3 is 6.61 Å². The van der Waals surface area contributed by atoms with Gasteiger partial charge in [0.2, 0.25) is 5.75 Å². The van der Waals surface area contributed by atoms with Crippen LogP contribution in [0.2, 0.25) is 0 Å². The third-order valence-electron chi connectivity index (χ3n) is 3.42. The maximum absolute atomic E-state index is 12.5. The van der Waals surface area contributed by atoms with Crippen LogP contribution in [0.25, 0.3) is 6.08 Å². The summed E-state index contributed by atoms with van der Waals surface area (Å²) in [5.74, 6) is -0.397. The summed E-state index contributed by atoms with van der Waals surface area (Å²) in [6.45, 7) is -3.03. The molecule has 0 spiro atoms. The molecule has 2 rings (SSSR count). The summed E-state index contributed by atoms with van der Waals surface area (Å²) in [5, 5.41) is 8.77. The molecule has 0 fully saturated rings. The first-order valence-electron chi connectivity index (χ1n) is 7.42. The number of alkyl halides is 2. The van der Waals surface area contributed by atoms with Crippen molar-refractivity contribution in [2.45, 2.75) is 6.61 Å². The quantitative estimate of drug-likeness (QED) is 0.550. The van der Waals surface area contributed by atoms with Crippen molar-refractivity contribution in [3.05, 3.63) is 59.2 Å². The number of rotatable bonds is 7. The van der Waals surface area contributed by atoms with Gasteiger partial charge in [-0.15, -0.1) is 0 Å². The minimum absolute atomic E-state index is 0.0510. The van der Waals surface area contributed by atoms with Crippen LogP contribution >= 0.6 is 0 Å². The summed E-state index contributed by atoms with van der Waals surface area (Å²) in [7, 11) is 2.62. The topological polar surface area (TPSA) is 68.6 Å². The van der Waals surface area contributed by atoms with Crippen LogP contribution in [0.1, 0.15) is 21.5 Å². The van der Waals surface area contributed by atoms with Crippen LogP contribution in [0.4, 0.5) is 8.78 Å². The predicted molar refractivity (Wildman–Crippen MR) is 90.7 cm³/mol. The standard InChI is InChI=1S/C19H15F2NO4/c1-24-16-9-13(10-17(25-2)18(16)26-19(20)21)5-8-15(23)14-6-3-12(11-22)4-7-14/h3-10,19H,1-2H3/b8-5+. The lowest BCUT2D eigenvalue weighted by atomic mass is 10.1. The van der Waals surface area contributed by atoms with E-state index in [1.165, 1.54) is 38.5 Å². The highest BCUT2D eigenvalue weighted by Crippen LogP contribution is 2.39. The highest BCUT2D eigenvalue weighted by atomic mass is 19.3. The van der Waals surface area contributed by atoms with Gasteiger partial charge in [-0.3, -0.25) is 4.79 Å². The molecule has 0 bridgehead atoms. The minimum atomic E-state index is -3.03. The molecule has 0 N–H and O–H groups in total. The maximum atomic E-state index is 12.5. The molecule has 0 aliphatic rings. The Bertz CT molecular complexity index is 830. The van der Waals surface area contributed by atoms with Crippen molar-refractivity contribution >= 4 is 11.9 Å². The van der Waals surface area contributed by atoms with Gasteiger partial charge < -0.3 is 14.2 Å². The number of nitriles is 1. The van der Waals surface area contributed by atoms with Crippen LogP contribution in [0.15, 0.2) is 42.5 Å². The van der Waals surface area contributed by atoms with Crippen LogP contribution in [-0.4, -0.2) is 26.6 Å². The first-order valence-corrected chi connectivity index (χ1v) is 7.42. The van der Waals surface area contributed by atoms with Crippen LogP contribution in [-0.2, 0) is 0 Å². The molecule has 7 heteroatoms. The fourth-order valence-electron chi connectivity index (χ4n) is 2.18. The average Bonchev–Trinajstić information content (AvgIpc) is 2.66. The van der Waals surface area contributed by atoms with Gasteiger partial charge in [-0.25, -0.2) is 0 Å². The number of hydrogen-bond donors (Lipinski definition) is 0. The van der Waals surface area contributed by atoms with Gasteiger partial charge in [0, 0.05) is 5.56 Å². The van der Waals surface area contributed by atoms with E-state index in [9.17, 15) is 13.6 Å². The number of halogens is 2. The van der Waals surface area contributed by atoms with E-state index in [-0.39, 0.29) is 23.0 Å². The zero-order chi connectivity index (χ0) is 19.1. The summed E-state index contributed by atoms with van der Waals surface area (Å²) in [5.41, 5.74) is 1.37. The molecule has 0 radical (unpaired) electrons. The van der Waals surface area contributed by atoms with Crippen molar-refractivity contribution in [1.29, 1.82) is 5.26 Å². The van der Waals surface area contributed by atoms with E-state index in [0.29, 0.717) is 16.7 Å². The zero-order valence-corrected chi connectivity index (χ0v) is 14.0. The lowest BCUT2D eigenvalue weighted by molar-refractivity contribution is -0.0526. The van der Waals surface area contributed by atoms with E-state index >= 15 is 0 Å². The molecular weight excluding hydrogens is 344 g/mol. The number of carbonyl (C=O) groups excluding carboxylic acids is 1. The van der Waals surface area contributed by atoms with Gasteiger partial charge in [0.15, 0.2) is 17.3 Å². The molecule has 0 saturated heterocycles. The number of carbonyl (C=O) groups is 1. The molecule has 134 valence electrons. The molecular formula is C19H15F2NO4. The molecule has 2 aromatic carbocycles. The maximum Gasteiger partial charge on any atom is 0.387 e. The molecule has 0 atom stereocenters. The van der Waals surface area contributed by atoms with E-state index < -0.39 is 6.61 Å². The second kappa shape index (κ2) is 8.62. The van der Waals surface area contributed by atoms with Crippen molar-refractivity contribution in [3.63, 3.8) is 0 Å². The Morgan fingerprint density at radius 3 is 2.15 bits per heavy atom. The van der Waals surface area contributed by atoms with E-state index in [1.807, 2.05) is 6.07 Å². The normalized spacial score (nSPS) is 10.6. The van der Waals surface area contributed by atoms with E-state index in [1.54, 1.807) is 24.3 Å². The smallest absolute Gasteiger partial charge is 0.387 e. The second-order valence-corrected chi connectivity index (χ2v) is 5.02.